The van der Waals surface area contributed by atoms with E-state index in [1.165, 1.54) is 0 Å². The molecule has 0 aliphatic rings. The smallest absolute Gasteiger partial charge is 0.845 e. The van der Waals surface area contributed by atoms with Crippen molar-refractivity contribution in [2.45, 2.75) is 52.7 Å². The van der Waals surface area contributed by atoms with E-state index in [0.29, 0.717) is 11.4 Å². The van der Waals surface area contributed by atoms with E-state index in [0.717, 1.165) is 0 Å². The number of hydrazone groups is 2. The van der Waals surface area contributed by atoms with E-state index in [1.807, 2.05) is 0 Å². The molecule has 0 rings (SSSR count). The monoisotopic (exact) mass is 349 g/mol. The minimum absolute atomic E-state index is 0. The fourth-order valence-corrected chi connectivity index (χ4v) is 0.841. The molecular formula is C14H30CuN4O2. The Morgan fingerprint density at radius 2 is 0.905 bits per heavy atom. The summed E-state index contributed by atoms with van der Waals surface area (Å²) in [5, 5.41) is 33.6. The second kappa shape index (κ2) is 10.2. The molecule has 0 aromatic rings. The Morgan fingerprint density at radius 1 is 0.714 bits per heavy atom. The molecule has 1 radical (unpaired) electrons. The molecule has 129 valence electrons. The molecule has 0 fully saturated rings. The van der Waals surface area contributed by atoms with E-state index in [9.17, 15) is 10.2 Å². The third-order valence-corrected chi connectivity index (χ3v) is 2.44. The molecule has 0 atom stereocenters. The zero-order chi connectivity index (χ0) is 16.7. The predicted octanol–water partition coefficient (Wildman–Crippen LogP) is 0.123. The van der Waals surface area contributed by atoms with Crippen molar-refractivity contribution in [1.29, 1.82) is 0 Å². The van der Waals surface area contributed by atoms with Gasteiger partial charge in [-0.2, -0.15) is 10.2 Å². The maximum atomic E-state index is 11.2. The Labute approximate surface area is 140 Å². The molecule has 0 aromatic heterocycles. The number of hydrogen-bond donors (Lipinski definition) is 0. The molecule has 0 amide bonds. The van der Waals surface area contributed by atoms with Crippen LogP contribution in [0, 0.1) is 0 Å². The van der Waals surface area contributed by atoms with Crippen LogP contribution in [0.15, 0.2) is 10.2 Å². The Balaban J connectivity index is -0.000000295. The quantitative estimate of drug-likeness (QED) is 0.410. The minimum atomic E-state index is -1.05. The molecule has 0 saturated heterocycles. The maximum absolute atomic E-state index is 11.2. The van der Waals surface area contributed by atoms with Crippen LogP contribution in [-0.4, -0.2) is 60.8 Å². The Kier molecular flexibility index (Phi) is 12.3. The fraction of sp³-hybridized carbons (Fsp3) is 0.857. The molecule has 6 nitrogen and oxygen atoms in total. The zero-order valence-electron chi connectivity index (χ0n) is 14.9. The van der Waals surface area contributed by atoms with Crippen LogP contribution in [0.1, 0.15) is 41.5 Å². The maximum Gasteiger partial charge on any atom is 2.00 e. The first kappa shape index (κ1) is 25.3. The molecule has 0 saturated carbocycles. The molecule has 0 bridgehead atoms. The van der Waals surface area contributed by atoms with Crippen molar-refractivity contribution < 1.29 is 27.3 Å². The van der Waals surface area contributed by atoms with Gasteiger partial charge in [-0.1, -0.05) is 38.9 Å². The van der Waals surface area contributed by atoms with Crippen LogP contribution in [0.25, 0.3) is 0 Å². The topological polar surface area (TPSA) is 77.3 Å². The molecule has 21 heavy (non-hydrogen) atoms. The van der Waals surface area contributed by atoms with Crippen molar-refractivity contribution in [2.24, 2.45) is 10.2 Å². The standard InChI is InChI=1S/2C7H15N2O.Cu/c2*1-6(7(2,3)10)8-9(4)5;/h2*1-5H3;/q2*-1;+2. The van der Waals surface area contributed by atoms with Gasteiger partial charge in [0.25, 0.3) is 0 Å². The van der Waals surface area contributed by atoms with Crippen LogP contribution < -0.4 is 10.2 Å². The van der Waals surface area contributed by atoms with Gasteiger partial charge in [0.15, 0.2) is 0 Å². The van der Waals surface area contributed by atoms with Gasteiger partial charge in [-0.05, 0) is 13.8 Å². The van der Waals surface area contributed by atoms with Crippen LogP contribution in [0.2, 0.25) is 0 Å². The summed E-state index contributed by atoms with van der Waals surface area (Å²) in [5.74, 6) is 0. The van der Waals surface area contributed by atoms with Crippen molar-refractivity contribution in [3.8, 4) is 0 Å². The number of rotatable bonds is 4. The van der Waals surface area contributed by atoms with Crippen molar-refractivity contribution in [3.63, 3.8) is 0 Å². The third kappa shape index (κ3) is 15.6. The van der Waals surface area contributed by atoms with E-state index in [4.69, 9.17) is 0 Å². The zero-order valence-corrected chi connectivity index (χ0v) is 15.8. The van der Waals surface area contributed by atoms with Crippen molar-refractivity contribution in [1.82, 2.24) is 10.0 Å². The molecule has 0 aromatic carbocycles. The molecule has 0 unspecified atom stereocenters. The second-order valence-electron chi connectivity index (χ2n) is 6.09. The summed E-state index contributed by atoms with van der Waals surface area (Å²) in [4.78, 5) is 0. The van der Waals surface area contributed by atoms with Crippen molar-refractivity contribution in [2.75, 3.05) is 28.2 Å². The molecule has 0 spiro atoms. The summed E-state index contributed by atoms with van der Waals surface area (Å²) < 4.78 is 0. The summed E-state index contributed by atoms with van der Waals surface area (Å²) in [6, 6.07) is 0. The Morgan fingerprint density at radius 3 is 0.952 bits per heavy atom. The molecule has 0 heterocycles. The number of hydrogen-bond acceptors (Lipinski definition) is 6. The predicted molar refractivity (Wildman–Crippen MR) is 81.8 cm³/mol. The first-order valence-electron chi connectivity index (χ1n) is 6.54. The minimum Gasteiger partial charge on any atom is -0.845 e. The molecular weight excluding hydrogens is 320 g/mol. The van der Waals surface area contributed by atoms with Crippen LogP contribution in [-0.2, 0) is 17.1 Å². The van der Waals surface area contributed by atoms with E-state index in [-0.39, 0.29) is 17.1 Å². The van der Waals surface area contributed by atoms with Gasteiger partial charge in [-0.25, -0.2) is 0 Å². The number of nitrogens with zero attached hydrogens (tertiary/aromatic N) is 4. The molecule has 0 N–H and O–H groups in total. The molecule has 0 aliphatic heterocycles. The van der Waals surface area contributed by atoms with Crippen molar-refractivity contribution in [3.05, 3.63) is 0 Å². The summed E-state index contributed by atoms with van der Waals surface area (Å²) in [5.41, 5.74) is -0.885. The summed E-state index contributed by atoms with van der Waals surface area (Å²) in [6.45, 7) is 9.91. The first-order chi connectivity index (χ1) is 8.67. The summed E-state index contributed by atoms with van der Waals surface area (Å²) in [7, 11) is 7.20. The normalized spacial score (nSPS) is 13.0. The van der Waals surface area contributed by atoms with Gasteiger partial charge in [0.2, 0.25) is 0 Å². The summed E-state index contributed by atoms with van der Waals surface area (Å²) in [6.07, 6.45) is 0. The van der Waals surface area contributed by atoms with Crippen molar-refractivity contribution >= 4 is 11.4 Å². The van der Waals surface area contributed by atoms with E-state index in [2.05, 4.69) is 10.2 Å². The van der Waals surface area contributed by atoms with Gasteiger partial charge >= 0.3 is 17.1 Å². The second-order valence-corrected chi connectivity index (χ2v) is 6.09. The fourth-order valence-electron chi connectivity index (χ4n) is 0.841. The average molecular weight is 350 g/mol. The SMILES string of the molecule is CC(=NN(C)C)C(C)(C)[O-].CC(=NN(C)C)C(C)(C)[O-].[Cu+2]. The first-order valence-corrected chi connectivity index (χ1v) is 6.54. The van der Waals surface area contributed by atoms with Gasteiger partial charge < -0.3 is 20.2 Å². The Hall–Kier alpha value is -0.621. The van der Waals surface area contributed by atoms with Gasteiger partial charge in [-0.3, -0.25) is 0 Å². The largest absolute Gasteiger partial charge is 2.00 e. The van der Waals surface area contributed by atoms with Gasteiger partial charge in [0.05, 0.1) is 0 Å². The van der Waals surface area contributed by atoms with E-state index in [1.54, 1.807) is 79.8 Å². The van der Waals surface area contributed by atoms with E-state index >= 15 is 0 Å². The Bertz CT molecular complexity index is 306. The third-order valence-electron chi connectivity index (χ3n) is 2.44. The van der Waals surface area contributed by atoms with Crippen LogP contribution >= 0.6 is 0 Å². The van der Waals surface area contributed by atoms with Gasteiger partial charge in [0.1, 0.15) is 0 Å². The van der Waals surface area contributed by atoms with Gasteiger partial charge in [-0.15, -0.1) is 0 Å². The van der Waals surface area contributed by atoms with Crippen LogP contribution in [0.4, 0.5) is 0 Å². The summed E-state index contributed by atoms with van der Waals surface area (Å²) >= 11 is 0. The van der Waals surface area contributed by atoms with Crippen LogP contribution in [0.3, 0.4) is 0 Å². The average Bonchev–Trinajstić information content (AvgIpc) is 2.13. The van der Waals surface area contributed by atoms with Gasteiger partial charge in [0, 0.05) is 39.6 Å². The van der Waals surface area contributed by atoms with E-state index < -0.39 is 11.2 Å². The van der Waals surface area contributed by atoms with Crippen LogP contribution in [0.5, 0.6) is 0 Å². The molecule has 0 aliphatic carbocycles. The molecule has 7 heteroatoms.